The van der Waals surface area contributed by atoms with Crippen molar-refractivity contribution in [2.75, 3.05) is 0 Å². The maximum Gasteiger partial charge on any atom is 0.212 e. The topological polar surface area (TPSA) is 74.6 Å². The smallest absolute Gasteiger partial charge is 0.212 e. The summed E-state index contributed by atoms with van der Waals surface area (Å²) in [5, 5.41) is 15.7. The van der Waals surface area contributed by atoms with Gasteiger partial charge < -0.3 is 15.0 Å². The number of hydrogen-bond acceptors (Lipinski definition) is 4. The third-order valence-electron chi connectivity index (χ3n) is 1.97. The molecule has 0 aliphatic heterocycles. The molecule has 1 aromatic carbocycles. The van der Waals surface area contributed by atoms with Gasteiger partial charge in [-0.3, -0.25) is 4.79 Å². The SMILES string of the molecule is CC(=O)C(O)O.CC(=O)CCc1ccccc1. The summed E-state index contributed by atoms with van der Waals surface area (Å²) >= 11 is 0. The minimum Gasteiger partial charge on any atom is -0.362 e. The highest BCUT2D eigenvalue weighted by molar-refractivity contribution is 5.78. The van der Waals surface area contributed by atoms with Crippen LogP contribution in [-0.2, 0) is 16.0 Å². The molecule has 1 rings (SSSR count). The summed E-state index contributed by atoms with van der Waals surface area (Å²) in [5.74, 6) is -0.371. The standard InChI is InChI=1S/C10H12O.C3H6O3/c1-9(11)7-8-10-5-3-2-4-6-10;1-2(4)3(5)6/h2-6H,7-8H2,1H3;3,5-6H,1H3. The first kappa shape index (κ1) is 15.5. The van der Waals surface area contributed by atoms with E-state index in [2.05, 4.69) is 0 Å². The second kappa shape index (κ2) is 8.61. The van der Waals surface area contributed by atoms with Crippen molar-refractivity contribution in [2.45, 2.75) is 33.0 Å². The molecule has 4 nitrogen and oxygen atoms in total. The highest BCUT2D eigenvalue weighted by Crippen LogP contribution is 2.01. The van der Waals surface area contributed by atoms with Crippen LogP contribution in [0, 0.1) is 0 Å². The number of aryl methyl sites for hydroxylation is 1. The number of rotatable bonds is 4. The number of aliphatic hydroxyl groups is 2. The predicted molar refractivity (Wildman–Crippen MR) is 64.4 cm³/mol. The van der Waals surface area contributed by atoms with Gasteiger partial charge in [0.15, 0.2) is 5.78 Å². The summed E-state index contributed by atoms with van der Waals surface area (Å²) in [4.78, 5) is 20.3. The van der Waals surface area contributed by atoms with Crippen LogP contribution < -0.4 is 0 Å². The van der Waals surface area contributed by atoms with Gasteiger partial charge in [0.05, 0.1) is 0 Å². The molecule has 0 amide bonds. The van der Waals surface area contributed by atoms with Crippen molar-refractivity contribution in [3.05, 3.63) is 35.9 Å². The normalized spacial score (nSPS) is 9.47. The highest BCUT2D eigenvalue weighted by atomic mass is 16.5. The second-order valence-electron chi connectivity index (χ2n) is 3.67. The largest absolute Gasteiger partial charge is 0.362 e. The molecular weight excluding hydrogens is 220 g/mol. The lowest BCUT2D eigenvalue weighted by atomic mass is 10.1. The van der Waals surface area contributed by atoms with E-state index >= 15 is 0 Å². The quantitative estimate of drug-likeness (QED) is 0.770. The summed E-state index contributed by atoms with van der Waals surface area (Å²) in [6, 6.07) is 10.1. The van der Waals surface area contributed by atoms with Crippen LogP contribution in [0.2, 0.25) is 0 Å². The number of benzene rings is 1. The van der Waals surface area contributed by atoms with E-state index in [1.54, 1.807) is 6.92 Å². The van der Waals surface area contributed by atoms with Gasteiger partial charge >= 0.3 is 0 Å². The van der Waals surface area contributed by atoms with Crippen LogP contribution >= 0.6 is 0 Å². The van der Waals surface area contributed by atoms with Gasteiger partial charge in [-0.05, 0) is 25.8 Å². The van der Waals surface area contributed by atoms with Gasteiger partial charge in [0.2, 0.25) is 6.29 Å². The first-order chi connectivity index (χ1) is 7.93. The van der Waals surface area contributed by atoms with E-state index in [0.717, 1.165) is 13.3 Å². The third-order valence-corrected chi connectivity index (χ3v) is 1.97. The Morgan fingerprint density at radius 2 is 1.59 bits per heavy atom. The van der Waals surface area contributed by atoms with Crippen molar-refractivity contribution in [1.29, 1.82) is 0 Å². The molecule has 4 heteroatoms. The Morgan fingerprint density at radius 3 is 1.94 bits per heavy atom. The average Bonchev–Trinajstić information content (AvgIpc) is 2.28. The number of carbonyl (C=O) groups excluding carboxylic acids is 2. The Bertz CT molecular complexity index is 344. The van der Waals surface area contributed by atoms with Gasteiger partial charge in [-0.25, -0.2) is 0 Å². The van der Waals surface area contributed by atoms with Crippen molar-refractivity contribution >= 4 is 11.6 Å². The minimum absolute atomic E-state index is 0.258. The number of hydrogen-bond donors (Lipinski definition) is 2. The monoisotopic (exact) mass is 238 g/mol. The molecule has 1 aromatic rings. The Hall–Kier alpha value is -1.52. The van der Waals surface area contributed by atoms with Crippen molar-refractivity contribution in [3.63, 3.8) is 0 Å². The molecule has 0 radical (unpaired) electrons. The van der Waals surface area contributed by atoms with E-state index in [0.29, 0.717) is 6.42 Å². The lowest BCUT2D eigenvalue weighted by Crippen LogP contribution is -2.14. The van der Waals surface area contributed by atoms with E-state index in [1.807, 2.05) is 30.3 Å². The molecule has 0 aliphatic rings. The predicted octanol–water partition coefficient (Wildman–Crippen LogP) is 1.09. The zero-order valence-electron chi connectivity index (χ0n) is 10.1. The first-order valence-electron chi connectivity index (χ1n) is 5.33. The fraction of sp³-hybridized carbons (Fsp3) is 0.385. The molecule has 2 N–H and O–H groups in total. The average molecular weight is 238 g/mol. The van der Waals surface area contributed by atoms with E-state index in [9.17, 15) is 9.59 Å². The number of ketones is 2. The van der Waals surface area contributed by atoms with Gasteiger partial charge in [-0.2, -0.15) is 0 Å². The molecule has 0 saturated carbocycles. The molecule has 0 fully saturated rings. The summed E-state index contributed by atoms with van der Waals surface area (Å²) in [6.45, 7) is 2.73. The van der Waals surface area contributed by atoms with E-state index in [4.69, 9.17) is 10.2 Å². The van der Waals surface area contributed by atoms with Crippen molar-refractivity contribution in [2.24, 2.45) is 0 Å². The summed E-state index contributed by atoms with van der Waals surface area (Å²) in [6.07, 6.45) is -0.259. The van der Waals surface area contributed by atoms with Crippen molar-refractivity contribution < 1.29 is 19.8 Å². The molecule has 0 unspecified atom stereocenters. The van der Waals surface area contributed by atoms with Crippen LogP contribution in [0.3, 0.4) is 0 Å². The van der Waals surface area contributed by atoms with Gasteiger partial charge in [0.25, 0.3) is 0 Å². The second-order valence-corrected chi connectivity index (χ2v) is 3.67. The summed E-state index contributed by atoms with van der Waals surface area (Å²) in [7, 11) is 0. The Labute approximate surface area is 101 Å². The van der Waals surface area contributed by atoms with Crippen LogP contribution in [0.1, 0.15) is 25.8 Å². The number of Topliss-reactive ketones (excluding diaryl/α,β-unsaturated/α-hetero) is 2. The summed E-state index contributed by atoms with van der Waals surface area (Å²) in [5.41, 5.74) is 1.24. The van der Waals surface area contributed by atoms with Crippen LogP contribution in [0.4, 0.5) is 0 Å². The van der Waals surface area contributed by atoms with Gasteiger partial charge in [0, 0.05) is 6.42 Å². The lowest BCUT2D eigenvalue weighted by Gasteiger charge is -1.96. The fourth-order valence-corrected chi connectivity index (χ4v) is 0.965. The molecule has 0 spiro atoms. The highest BCUT2D eigenvalue weighted by Gasteiger charge is 1.99. The van der Waals surface area contributed by atoms with Crippen molar-refractivity contribution in [3.8, 4) is 0 Å². The molecule has 94 valence electrons. The Balaban J connectivity index is 0.000000366. The van der Waals surface area contributed by atoms with Crippen LogP contribution in [-0.4, -0.2) is 28.1 Å². The Morgan fingerprint density at radius 1 is 1.12 bits per heavy atom. The third kappa shape index (κ3) is 9.41. The zero-order valence-corrected chi connectivity index (χ0v) is 10.1. The lowest BCUT2D eigenvalue weighted by molar-refractivity contribution is -0.142. The molecule has 0 bridgehead atoms. The van der Waals surface area contributed by atoms with E-state index in [1.165, 1.54) is 5.56 Å². The molecule has 17 heavy (non-hydrogen) atoms. The molecule has 0 aromatic heterocycles. The zero-order chi connectivity index (χ0) is 13.3. The molecular formula is C13H18O4. The first-order valence-corrected chi connectivity index (χ1v) is 5.33. The van der Waals surface area contributed by atoms with E-state index < -0.39 is 12.1 Å². The van der Waals surface area contributed by atoms with Gasteiger partial charge in [0.1, 0.15) is 5.78 Å². The molecule has 0 atom stereocenters. The molecule has 0 saturated heterocycles. The minimum atomic E-state index is -1.79. The van der Waals surface area contributed by atoms with Gasteiger partial charge in [-0.1, -0.05) is 30.3 Å². The van der Waals surface area contributed by atoms with E-state index in [-0.39, 0.29) is 5.78 Å². The molecule has 0 heterocycles. The number of carbonyl (C=O) groups is 2. The maximum atomic E-state index is 10.6. The molecule has 0 aliphatic carbocycles. The van der Waals surface area contributed by atoms with Crippen molar-refractivity contribution in [1.82, 2.24) is 0 Å². The Kier molecular flexibility index (Phi) is 7.84. The van der Waals surface area contributed by atoms with Crippen LogP contribution in [0.15, 0.2) is 30.3 Å². The van der Waals surface area contributed by atoms with Crippen LogP contribution in [0.5, 0.6) is 0 Å². The van der Waals surface area contributed by atoms with Crippen LogP contribution in [0.25, 0.3) is 0 Å². The maximum absolute atomic E-state index is 10.6. The number of aliphatic hydroxyl groups excluding tert-OH is 1. The van der Waals surface area contributed by atoms with Gasteiger partial charge in [-0.15, -0.1) is 0 Å². The summed E-state index contributed by atoms with van der Waals surface area (Å²) < 4.78 is 0. The fourth-order valence-electron chi connectivity index (χ4n) is 0.965.